The predicted molar refractivity (Wildman–Crippen MR) is 353 cm³/mol. The van der Waals surface area contributed by atoms with Crippen LogP contribution in [0.15, 0.2) is 134 Å². The van der Waals surface area contributed by atoms with Gasteiger partial charge in [0, 0.05) is 19.3 Å². The summed E-state index contributed by atoms with van der Waals surface area (Å²) in [5, 5.41) is 0. The molecule has 0 spiro atoms. The van der Waals surface area contributed by atoms with Gasteiger partial charge < -0.3 is 14.2 Å². The minimum absolute atomic E-state index is 0.109. The van der Waals surface area contributed by atoms with Crippen LogP contribution in [0.3, 0.4) is 0 Å². The molecule has 6 nitrogen and oxygen atoms in total. The van der Waals surface area contributed by atoms with Gasteiger partial charge in [-0.15, -0.1) is 0 Å². The van der Waals surface area contributed by atoms with Crippen molar-refractivity contribution < 1.29 is 28.6 Å². The number of carbonyl (C=O) groups excluding carboxylic acids is 3. The molecule has 1 unspecified atom stereocenters. The van der Waals surface area contributed by atoms with Crippen molar-refractivity contribution in [1.82, 2.24) is 0 Å². The zero-order chi connectivity index (χ0) is 58.5. The summed E-state index contributed by atoms with van der Waals surface area (Å²) in [5.41, 5.74) is 0. The fourth-order valence-corrected chi connectivity index (χ4v) is 9.08. The normalized spacial score (nSPS) is 13.0. The maximum absolute atomic E-state index is 12.9. The summed E-state index contributed by atoms with van der Waals surface area (Å²) in [6.07, 6.45) is 96.1. The van der Waals surface area contributed by atoms with Crippen LogP contribution >= 0.6 is 0 Å². The van der Waals surface area contributed by atoms with Gasteiger partial charge in [0.25, 0.3) is 0 Å². The van der Waals surface area contributed by atoms with Crippen LogP contribution in [-0.4, -0.2) is 37.2 Å². The Morgan fingerprint density at radius 2 is 0.494 bits per heavy atom. The van der Waals surface area contributed by atoms with E-state index in [4.69, 9.17) is 14.2 Å². The van der Waals surface area contributed by atoms with Crippen molar-refractivity contribution in [3.8, 4) is 0 Å². The van der Waals surface area contributed by atoms with Crippen LogP contribution < -0.4 is 0 Å². The molecule has 0 heterocycles. The first-order chi connectivity index (χ1) is 40.0. The molecule has 460 valence electrons. The Kier molecular flexibility index (Phi) is 64.3. The average molecular weight is 1120 g/mol. The summed E-state index contributed by atoms with van der Waals surface area (Å²) >= 11 is 0. The molecule has 6 heteroatoms. The first kappa shape index (κ1) is 76.5. The molecule has 1 atom stereocenters. The number of esters is 3. The molecule has 0 radical (unpaired) electrons. The molecule has 0 fully saturated rings. The predicted octanol–water partition coefficient (Wildman–Crippen LogP) is 23.3. The largest absolute Gasteiger partial charge is 0.462 e. The van der Waals surface area contributed by atoms with E-state index in [-0.39, 0.29) is 37.5 Å². The number of hydrogen-bond acceptors (Lipinski definition) is 6. The van der Waals surface area contributed by atoms with Gasteiger partial charge >= 0.3 is 17.9 Å². The Labute approximate surface area is 500 Å². The lowest BCUT2D eigenvalue weighted by atomic mass is 10.1. The topological polar surface area (TPSA) is 78.9 Å². The van der Waals surface area contributed by atoms with Crippen LogP contribution in [-0.2, 0) is 28.6 Å². The summed E-state index contributed by atoms with van der Waals surface area (Å²) in [6.45, 7) is 6.47. The molecule has 0 aromatic heterocycles. The quantitative estimate of drug-likeness (QED) is 0.0261. The zero-order valence-electron chi connectivity index (χ0n) is 52.8. The van der Waals surface area contributed by atoms with Gasteiger partial charge in [-0.25, -0.2) is 0 Å². The molecule has 0 aliphatic carbocycles. The molecule has 81 heavy (non-hydrogen) atoms. The van der Waals surface area contributed by atoms with Crippen molar-refractivity contribution >= 4 is 17.9 Å². The summed E-state index contributed by atoms with van der Waals surface area (Å²) in [4.78, 5) is 38.4. The van der Waals surface area contributed by atoms with Crippen LogP contribution in [0.25, 0.3) is 0 Å². The van der Waals surface area contributed by atoms with Crippen LogP contribution in [0.2, 0.25) is 0 Å². The second-order valence-corrected chi connectivity index (χ2v) is 22.0. The second kappa shape index (κ2) is 68.1. The summed E-state index contributed by atoms with van der Waals surface area (Å²) < 4.78 is 16.9. The lowest BCUT2D eigenvalue weighted by Crippen LogP contribution is -2.30. The minimum Gasteiger partial charge on any atom is -0.462 e. The molecule has 0 saturated carbocycles. The van der Waals surface area contributed by atoms with Crippen molar-refractivity contribution in [2.24, 2.45) is 0 Å². The van der Waals surface area contributed by atoms with Gasteiger partial charge in [0.05, 0.1) is 0 Å². The van der Waals surface area contributed by atoms with Crippen molar-refractivity contribution in [3.63, 3.8) is 0 Å². The highest BCUT2D eigenvalue weighted by atomic mass is 16.6. The summed E-state index contributed by atoms with van der Waals surface area (Å²) in [5.74, 6) is -0.977. The molecule has 0 N–H and O–H groups in total. The number of unbranched alkanes of at least 4 members (excludes halogenated alkanes) is 27. The van der Waals surface area contributed by atoms with Crippen molar-refractivity contribution in [1.29, 1.82) is 0 Å². The summed E-state index contributed by atoms with van der Waals surface area (Å²) in [7, 11) is 0. The van der Waals surface area contributed by atoms with Gasteiger partial charge in [0.15, 0.2) is 6.10 Å². The first-order valence-corrected chi connectivity index (χ1v) is 33.7. The molecule has 0 aromatic rings. The van der Waals surface area contributed by atoms with E-state index in [2.05, 4.69) is 154 Å². The highest BCUT2D eigenvalue weighted by Gasteiger charge is 2.19. The second-order valence-electron chi connectivity index (χ2n) is 22.0. The molecule has 0 aliphatic rings. The molecule has 0 aromatic carbocycles. The maximum atomic E-state index is 12.9. The lowest BCUT2D eigenvalue weighted by molar-refractivity contribution is -0.167. The summed E-state index contributed by atoms with van der Waals surface area (Å²) in [6, 6.07) is 0. The van der Waals surface area contributed by atoms with E-state index >= 15 is 0 Å². The van der Waals surface area contributed by atoms with Gasteiger partial charge in [0.1, 0.15) is 13.2 Å². The molecule has 0 aliphatic heterocycles. The number of rotatable bonds is 60. The Bertz CT molecular complexity index is 1720. The number of allylic oxidation sites excluding steroid dienone is 22. The zero-order valence-corrected chi connectivity index (χ0v) is 52.8. The highest BCUT2D eigenvalue weighted by molar-refractivity contribution is 5.71. The van der Waals surface area contributed by atoms with E-state index in [1.54, 1.807) is 0 Å². The molecule has 0 bridgehead atoms. The number of carbonyl (C=O) groups is 3. The van der Waals surface area contributed by atoms with Gasteiger partial charge in [-0.3, -0.25) is 14.4 Å². The van der Waals surface area contributed by atoms with Crippen molar-refractivity contribution in [3.05, 3.63) is 134 Å². The van der Waals surface area contributed by atoms with Crippen LogP contribution in [0.5, 0.6) is 0 Å². The van der Waals surface area contributed by atoms with E-state index in [1.807, 2.05) is 0 Å². The van der Waals surface area contributed by atoms with E-state index in [1.165, 1.54) is 141 Å². The molecular weight excluding hydrogens is 997 g/mol. The van der Waals surface area contributed by atoms with E-state index < -0.39 is 6.10 Å². The van der Waals surface area contributed by atoms with Crippen LogP contribution in [0.1, 0.15) is 303 Å². The molecular formula is C75H124O6. The third kappa shape index (κ3) is 66.2. The number of hydrogen-bond donors (Lipinski definition) is 0. The fourth-order valence-electron chi connectivity index (χ4n) is 9.08. The van der Waals surface area contributed by atoms with Gasteiger partial charge in [-0.1, -0.05) is 283 Å². The average Bonchev–Trinajstić information content (AvgIpc) is 3.47. The number of ether oxygens (including phenoxy) is 3. The van der Waals surface area contributed by atoms with Crippen LogP contribution in [0, 0.1) is 0 Å². The molecule has 0 saturated heterocycles. The third-order valence-electron chi connectivity index (χ3n) is 14.1. The van der Waals surface area contributed by atoms with Gasteiger partial charge in [0.2, 0.25) is 0 Å². The SMILES string of the molecule is CC/C=C\C/C=C\C/C=C\C/C=C\C/C=C\C/C=C\C/C=C\CCCC(=O)OC(COC(=O)CCCCCCC/C=C\CCCCCCCC)COC(=O)CCCCCCCCCCCC/C=C\C/C=C\C/C=C\CCCCCCC. The fraction of sp³-hybridized carbons (Fsp3) is 0.667. The maximum Gasteiger partial charge on any atom is 0.306 e. The van der Waals surface area contributed by atoms with E-state index in [0.717, 1.165) is 116 Å². The van der Waals surface area contributed by atoms with E-state index in [9.17, 15) is 14.4 Å². The first-order valence-electron chi connectivity index (χ1n) is 33.7. The molecule has 0 rings (SSSR count). The Morgan fingerprint density at radius 3 is 0.802 bits per heavy atom. The van der Waals surface area contributed by atoms with Crippen molar-refractivity contribution in [2.75, 3.05) is 13.2 Å². The Balaban J connectivity index is 4.47. The van der Waals surface area contributed by atoms with E-state index in [0.29, 0.717) is 19.3 Å². The third-order valence-corrected chi connectivity index (χ3v) is 14.1. The minimum atomic E-state index is -0.820. The monoisotopic (exact) mass is 1120 g/mol. The highest BCUT2D eigenvalue weighted by Crippen LogP contribution is 2.15. The van der Waals surface area contributed by atoms with Crippen molar-refractivity contribution in [2.45, 2.75) is 309 Å². The van der Waals surface area contributed by atoms with Gasteiger partial charge in [-0.05, 0) is 135 Å². The molecule has 0 amide bonds. The van der Waals surface area contributed by atoms with Crippen LogP contribution in [0.4, 0.5) is 0 Å². The van der Waals surface area contributed by atoms with Gasteiger partial charge in [-0.2, -0.15) is 0 Å². The standard InChI is InChI=1S/C75H124O6/c1-4-7-10-13-16-19-22-25-28-30-32-34-36-37-39-40-42-44-47-50-53-56-59-62-65-68-74(77)80-71-72(70-79-73(76)67-64-61-58-55-52-49-46-27-24-21-18-15-12-9-6-3)81-75(78)69-66-63-60-57-54-51-48-45-43-41-38-35-33-31-29-26-23-20-17-14-11-8-5-2/h8,11,17,20,22,25-27,29-30,32-33,35-37,41,43,46,48,51,57,60,72H,4-7,9-10,12-16,18-19,21,23-24,28,31,34,38-40,42,44-45,47,49-50,52-56,58-59,61-71H2,1-3H3/b11-8-,20-17-,25-22-,29-26-,32-30-,35-33-,37-36-,43-41-,46-27-,51-48-,60-57-. The lowest BCUT2D eigenvalue weighted by Gasteiger charge is -2.18. The Morgan fingerprint density at radius 1 is 0.259 bits per heavy atom. The smallest absolute Gasteiger partial charge is 0.306 e. The Hall–Kier alpha value is -4.45.